The predicted molar refractivity (Wildman–Crippen MR) is 67.5 cm³/mol. The number of rotatable bonds is 2. The van der Waals surface area contributed by atoms with Gasteiger partial charge < -0.3 is 4.90 Å². The highest BCUT2D eigenvalue weighted by atomic mass is 16.1. The number of hydrogen-bond acceptors (Lipinski definition) is 3. The Hall–Kier alpha value is -1.84. The minimum Gasteiger partial charge on any atom is -0.371 e. The van der Waals surface area contributed by atoms with Gasteiger partial charge in [-0.05, 0) is 37.5 Å². The number of benzene rings is 1. The van der Waals surface area contributed by atoms with Gasteiger partial charge >= 0.3 is 0 Å². The van der Waals surface area contributed by atoms with E-state index in [-0.39, 0.29) is 0 Å². The lowest BCUT2D eigenvalue weighted by Crippen LogP contribution is -2.29. The largest absolute Gasteiger partial charge is 0.371 e. The van der Waals surface area contributed by atoms with E-state index in [2.05, 4.69) is 27.2 Å². The highest BCUT2D eigenvalue weighted by Gasteiger charge is 2.12. The molecule has 4 nitrogen and oxygen atoms in total. The van der Waals surface area contributed by atoms with Crippen molar-refractivity contribution in [2.75, 3.05) is 18.0 Å². The molecule has 4 heteroatoms. The molecule has 1 saturated heterocycles. The van der Waals surface area contributed by atoms with Gasteiger partial charge in [-0.15, -0.1) is 0 Å². The van der Waals surface area contributed by atoms with Crippen LogP contribution in [0.2, 0.25) is 0 Å². The van der Waals surface area contributed by atoms with Gasteiger partial charge in [0.15, 0.2) is 6.29 Å². The summed E-state index contributed by atoms with van der Waals surface area (Å²) in [7, 11) is 0. The summed E-state index contributed by atoms with van der Waals surface area (Å²) in [6.45, 7) is 2.24. The molecule has 88 valence electrons. The molecule has 1 aromatic heterocycles. The van der Waals surface area contributed by atoms with Crippen LogP contribution in [0.25, 0.3) is 10.9 Å². The Bertz CT molecular complexity index is 541. The molecule has 0 saturated carbocycles. The first kappa shape index (κ1) is 10.3. The molecule has 1 fully saturated rings. The van der Waals surface area contributed by atoms with Crippen LogP contribution < -0.4 is 4.90 Å². The van der Waals surface area contributed by atoms with Gasteiger partial charge in [0.05, 0.1) is 5.52 Å². The van der Waals surface area contributed by atoms with Crippen molar-refractivity contribution < 1.29 is 4.79 Å². The molecule has 0 atom stereocenters. The lowest BCUT2D eigenvalue weighted by Gasteiger charge is -2.28. The van der Waals surface area contributed by atoms with E-state index in [1.807, 2.05) is 6.07 Å². The molecule has 0 radical (unpaired) electrons. The van der Waals surface area contributed by atoms with Crippen molar-refractivity contribution in [3.05, 3.63) is 23.9 Å². The second-order valence-electron chi connectivity index (χ2n) is 4.50. The number of aldehydes is 1. The molecular weight excluding hydrogens is 214 g/mol. The molecule has 0 unspecified atom stereocenters. The van der Waals surface area contributed by atoms with Gasteiger partial charge in [0.2, 0.25) is 0 Å². The van der Waals surface area contributed by atoms with Gasteiger partial charge in [-0.1, -0.05) is 0 Å². The molecule has 0 spiro atoms. The summed E-state index contributed by atoms with van der Waals surface area (Å²) in [5.41, 5.74) is 2.64. The number of hydrogen-bond donors (Lipinski definition) is 1. The number of nitrogens with zero attached hydrogens (tertiary/aromatic N) is 2. The van der Waals surface area contributed by atoms with E-state index >= 15 is 0 Å². The Balaban J connectivity index is 1.98. The number of piperidine rings is 1. The Kier molecular flexibility index (Phi) is 2.55. The quantitative estimate of drug-likeness (QED) is 0.804. The molecule has 1 N–H and O–H groups in total. The maximum atomic E-state index is 10.8. The topological polar surface area (TPSA) is 49.0 Å². The van der Waals surface area contributed by atoms with Crippen LogP contribution in [0.4, 0.5) is 5.69 Å². The summed E-state index contributed by atoms with van der Waals surface area (Å²) >= 11 is 0. The zero-order valence-electron chi connectivity index (χ0n) is 9.65. The summed E-state index contributed by atoms with van der Waals surface area (Å²) in [4.78, 5) is 13.2. The molecule has 2 heterocycles. The van der Waals surface area contributed by atoms with E-state index in [0.717, 1.165) is 30.3 Å². The van der Waals surface area contributed by atoms with E-state index in [1.54, 1.807) is 0 Å². The average Bonchev–Trinajstić information content (AvgIpc) is 2.81. The van der Waals surface area contributed by atoms with E-state index in [1.165, 1.54) is 24.9 Å². The highest BCUT2D eigenvalue weighted by Crippen LogP contribution is 2.24. The van der Waals surface area contributed by atoms with Crippen molar-refractivity contribution in [2.45, 2.75) is 19.3 Å². The van der Waals surface area contributed by atoms with Crippen LogP contribution >= 0.6 is 0 Å². The molecule has 1 aliphatic rings. The fourth-order valence-electron chi connectivity index (χ4n) is 2.46. The standard InChI is InChI=1S/C13H15N3O/c17-9-13-11-5-4-10(8-12(11)14-15-13)16-6-2-1-3-7-16/h4-5,8-9H,1-3,6-7H2,(H,14,15). The van der Waals surface area contributed by atoms with Crippen molar-refractivity contribution in [2.24, 2.45) is 0 Å². The molecule has 2 aromatic rings. The molecule has 3 rings (SSSR count). The summed E-state index contributed by atoms with van der Waals surface area (Å²) in [5, 5.41) is 7.82. The monoisotopic (exact) mass is 229 g/mol. The van der Waals surface area contributed by atoms with Gasteiger partial charge in [0, 0.05) is 24.2 Å². The molecule has 0 bridgehead atoms. The second kappa shape index (κ2) is 4.20. The Morgan fingerprint density at radius 3 is 2.82 bits per heavy atom. The minimum atomic E-state index is 0.560. The van der Waals surface area contributed by atoms with Crippen LogP contribution in [-0.2, 0) is 0 Å². The van der Waals surface area contributed by atoms with Crippen molar-refractivity contribution in [1.82, 2.24) is 10.2 Å². The first-order chi connectivity index (χ1) is 8.38. The van der Waals surface area contributed by atoms with Gasteiger partial charge in [0.25, 0.3) is 0 Å². The Labute approximate surface area is 99.6 Å². The third-order valence-corrected chi connectivity index (χ3v) is 3.41. The average molecular weight is 229 g/mol. The van der Waals surface area contributed by atoms with E-state index in [9.17, 15) is 4.79 Å². The number of anilines is 1. The third kappa shape index (κ3) is 1.79. The fourth-order valence-corrected chi connectivity index (χ4v) is 2.46. The van der Waals surface area contributed by atoms with Crippen molar-refractivity contribution in [3.63, 3.8) is 0 Å². The summed E-state index contributed by atoms with van der Waals surface area (Å²) < 4.78 is 0. The number of carbonyl (C=O) groups is 1. The van der Waals surface area contributed by atoms with Crippen LogP contribution in [0.3, 0.4) is 0 Å². The summed E-state index contributed by atoms with van der Waals surface area (Å²) in [6, 6.07) is 6.12. The number of nitrogens with one attached hydrogen (secondary N) is 1. The Morgan fingerprint density at radius 2 is 2.06 bits per heavy atom. The number of aromatic amines is 1. The van der Waals surface area contributed by atoms with Crippen molar-refractivity contribution in [3.8, 4) is 0 Å². The van der Waals surface area contributed by atoms with Crippen LogP contribution in [0, 0.1) is 0 Å². The predicted octanol–water partition coefficient (Wildman–Crippen LogP) is 2.37. The number of aromatic nitrogens is 2. The van der Waals surface area contributed by atoms with Crippen LogP contribution in [0.15, 0.2) is 18.2 Å². The lowest BCUT2D eigenvalue weighted by molar-refractivity contribution is 0.112. The normalized spacial score (nSPS) is 16.4. The van der Waals surface area contributed by atoms with E-state index in [4.69, 9.17) is 0 Å². The lowest BCUT2D eigenvalue weighted by atomic mass is 10.1. The van der Waals surface area contributed by atoms with Crippen LogP contribution in [0.5, 0.6) is 0 Å². The van der Waals surface area contributed by atoms with Gasteiger partial charge in [0.1, 0.15) is 5.69 Å². The molecule has 0 amide bonds. The van der Waals surface area contributed by atoms with Crippen molar-refractivity contribution >= 4 is 22.9 Å². The number of H-pyrrole nitrogens is 1. The highest BCUT2D eigenvalue weighted by molar-refractivity contribution is 5.96. The number of carbonyl (C=O) groups excluding carboxylic acids is 1. The summed E-state index contributed by atoms with van der Waals surface area (Å²) in [5.74, 6) is 0. The maximum absolute atomic E-state index is 10.8. The second-order valence-corrected chi connectivity index (χ2v) is 4.50. The zero-order valence-corrected chi connectivity index (χ0v) is 9.65. The van der Waals surface area contributed by atoms with Crippen molar-refractivity contribution in [1.29, 1.82) is 0 Å². The Morgan fingerprint density at radius 1 is 1.24 bits per heavy atom. The number of fused-ring (bicyclic) bond motifs is 1. The third-order valence-electron chi connectivity index (χ3n) is 3.41. The fraction of sp³-hybridized carbons (Fsp3) is 0.385. The first-order valence-electron chi connectivity index (χ1n) is 6.07. The molecular formula is C13H15N3O. The van der Waals surface area contributed by atoms with Gasteiger partial charge in [-0.2, -0.15) is 5.10 Å². The van der Waals surface area contributed by atoms with Gasteiger partial charge in [-0.3, -0.25) is 9.89 Å². The van der Waals surface area contributed by atoms with Gasteiger partial charge in [-0.25, -0.2) is 0 Å². The molecule has 17 heavy (non-hydrogen) atoms. The summed E-state index contributed by atoms with van der Waals surface area (Å²) in [6.07, 6.45) is 4.67. The van der Waals surface area contributed by atoms with Crippen LogP contribution in [-0.4, -0.2) is 29.6 Å². The van der Waals surface area contributed by atoms with E-state index < -0.39 is 0 Å². The molecule has 0 aliphatic carbocycles. The smallest absolute Gasteiger partial charge is 0.168 e. The molecule has 1 aromatic carbocycles. The SMILES string of the molecule is O=Cc1[nH]nc2cc(N3CCCCC3)ccc12. The minimum absolute atomic E-state index is 0.560. The first-order valence-corrected chi connectivity index (χ1v) is 6.07. The zero-order chi connectivity index (χ0) is 11.7. The molecule has 1 aliphatic heterocycles. The van der Waals surface area contributed by atoms with E-state index in [0.29, 0.717) is 5.69 Å². The van der Waals surface area contributed by atoms with Crippen LogP contribution in [0.1, 0.15) is 29.8 Å². The maximum Gasteiger partial charge on any atom is 0.168 e.